The number of nitrogens with zero attached hydrogens (tertiary/aromatic N) is 2. The van der Waals surface area contributed by atoms with E-state index in [9.17, 15) is 17.6 Å². The summed E-state index contributed by atoms with van der Waals surface area (Å²) in [6, 6.07) is 19.4. The number of hydrogen-bond donors (Lipinski definition) is 0. The Morgan fingerprint density at radius 1 is 0.645 bits per heavy atom. The summed E-state index contributed by atoms with van der Waals surface area (Å²) in [5.74, 6) is -6.57. The molecule has 4 aromatic carbocycles. The van der Waals surface area contributed by atoms with Crippen LogP contribution in [0.4, 0.5) is 17.6 Å². The van der Waals surface area contributed by atoms with Crippen LogP contribution in [0.15, 0.2) is 60.7 Å². The summed E-state index contributed by atoms with van der Waals surface area (Å²) in [7, 11) is 0. The average Bonchev–Trinajstić information content (AvgIpc) is 3.30. The van der Waals surface area contributed by atoms with Crippen LogP contribution in [0, 0.1) is 34.6 Å². The zero-order valence-electron chi connectivity index (χ0n) is 15.7. The van der Waals surface area contributed by atoms with E-state index in [0.717, 1.165) is 27.3 Å². The highest BCUT2D eigenvalue weighted by atomic mass is 19.2. The van der Waals surface area contributed by atoms with E-state index in [1.54, 1.807) is 0 Å². The Labute approximate surface area is 172 Å². The molecule has 2 heterocycles. The Morgan fingerprint density at radius 2 is 1.13 bits per heavy atom. The molecule has 0 aliphatic heterocycles. The van der Waals surface area contributed by atoms with Crippen molar-refractivity contribution in [3.05, 3.63) is 89.5 Å². The van der Waals surface area contributed by atoms with Crippen LogP contribution in [0.5, 0.6) is 0 Å². The lowest BCUT2D eigenvalue weighted by atomic mass is 9.97. The molecule has 6 rings (SSSR count). The third kappa shape index (κ3) is 2.10. The van der Waals surface area contributed by atoms with Crippen molar-refractivity contribution < 1.29 is 17.6 Å². The maximum atomic E-state index is 14.8. The van der Waals surface area contributed by atoms with E-state index in [4.69, 9.17) is 5.26 Å². The fourth-order valence-electron chi connectivity index (χ4n) is 4.58. The van der Waals surface area contributed by atoms with Gasteiger partial charge in [-0.2, -0.15) is 5.26 Å². The minimum Gasteiger partial charge on any atom is -0.308 e. The van der Waals surface area contributed by atoms with Crippen molar-refractivity contribution in [2.24, 2.45) is 0 Å². The van der Waals surface area contributed by atoms with Crippen LogP contribution in [0.3, 0.4) is 0 Å². The van der Waals surface area contributed by atoms with Gasteiger partial charge in [-0.05, 0) is 29.8 Å². The predicted molar refractivity (Wildman–Crippen MR) is 111 cm³/mol. The van der Waals surface area contributed by atoms with Gasteiger partial charge in [0.15, 0.2) is 23.3 Å². The second-order valence-corrected chi connectivity index (χ2v) is 7.41. The molecule has 6 aromatic rings. The molecule has 0 radical (unpaired) electrons. The van der Waals surface area contributed by atoms with E-state index in [2.05, 4.69) is 4.40 Å². The normalized spacial score (nSPS) is 11.8. The predicted octanol–water partition coefficient (Wildman–Crippen LogP) is 6.93. The van der Waals surface area contributed by atoms with Gasteiger partial charge in [0, 0.05) is 21.5 Å². The van der Waals surface area contributed by atoms with E-state index in [-0.39, 0.29) is 5.56 Å². The van der Waals surface area contributed by atoms with Crippen molar-refractivity contribution in [2.75, 3.05) is 0 Å². The molecule has 0 unspecified atom stereocenters. The number of aromatic nitrogens is 1. The standard InChI is InChI=1S/C25H10F4N2/c26-21-17(11-30)22(27)24(29)20(23(21)28)12-9-15-13-5-1-3-7-18(13)31-19-8-4-2-6-14(19)16(10-12)25(15)31/h1-10H. The first-order valence-electron chi connectivity index (χ1n) is 9.46. The summed E-state index contributed by atoms with van der Waals surface area (Å²) in [6.07, 6.45) is 0. The maximum Gasteiger partial charge on any atom is 0.180 e. The average molecular weight is 414 g/mol. The van der Waals surface area contributed by atoms with Crippen LogP contribution in [0.1, 0.15) is 5.56 Å². The molecule has 0 amide bonds. The third-order valence-electron chi connectivity index (χ3n) is 5.87. The van der Waals surface area contributed by atoms with Crippen LogP contribution in [0.2, 0.25) is 0 Å². The van der Waals surface area contributed by atoms with Gasteiger partial charge in [-0.15, -0.1) is 0 Å². The number of halogens is 4. The van der Waals surface area contributed by atoms with Gasteiger partial charge in [0.05, 0.1) is 22.1 Å². The fraction of sp³-hybridized carbons (Fsp3) is 0. The van der Waals surface area contributed by atoms with Gasteiger partial charge in [0.25, 0.3) is 0 Å². The van der Waals surface area contributed by atoms with E-state index in [1.165, 1.54) is 18.2 Å². The topological polar surface area (TPSA) is 28.2 Å². The van der Waals surface area contributed by atoms with Crippen molar-refractivity contribution in [2.45, 2.75) is 0 Å². The molecule has 0 spiro atoms. The summed E-state index contributed by atoms with van der Waals surface area (Å²) >= 11 is 0. The second-order valence-electron chi connectivity index (χ2n) is 7.41. The molecule has 0 fully saturated rings. The Balaban J connectivity index is 1.85. The molecule has 0 bridgehead atoms. The van der Waals surface area contributed by atoms with Gasteiger partial charge in [-0.3, -0.25) is 0 Å². The molecule has 0 N–H and O–H groups in total. The Morgan fingerprint density at radius 3 is 1.61 bits per heavy atom. The molecule has 0 saturated heterocycles. The van der Waals surface area contributed by atoms with E-state index in [0.29, 0.717) is 10.8 Å². The van der Waals surface area contributed by atoms with Crippen LogP contribution in [0.25, 0.3) is 49.2 Å². The van der Waals surface area contributed by atoms with Crippen LogP contribution < -0.4 is 0 Å². The highest BCUT2D eigenvalue weighted by molar-refractivity contribution is 6.24. The lowest BCUT2D eigenvalue weighted by molar-refractivity contribution is 0.454. The number of para-hydroxylation sites is 2. The monoisotopic (exact) mass is 414 g/mol. The summed E-state index contributed by atoms with van der Waals surface area (Å²) in [5, 5.41) is 12.0. The van der Waals surface area contributed by atoms with Gasteiger partial charge in [-0.1, -0.05) is 36.4 Å². The molecular formula is C25H10F4N2. The van der Waals surface area contributed by atoms with Gasteiger partial charge in [-0.25, -0.2) is 17.6 Å². The van der Waals surface area contributed by atoms with E-state index >= 15 is 0 Å². The number of rotatable bonds is 1. The van der Waals surface area contributed by atoms with E-state index in [1.807, 2.05) is 48.5 Å². The number of nitriles is 1. The molecule has 2 aromatic heterocycles. The first-order chi connectivity index (χ1) is 15.0. The van der Waals surface area contributed by atoms with Crippen molar-refractivity contribution in [1.82, 2.24) is 4.40 Å². The molecule has 6 heteroatoms. The lowest BCUT2D eigenvalue weighted by Crippen LogP contribution is -2.03. The van der Waals surface area contributed by atoms with Gasteiger partial charge >= 0.3 is 0 Å². The fourth-order valence-corrected chi connectivity index (χ4v) is 4.58. The number of hydrogen-bond acceptors (Lipinski definition) is 1. The van der Waals surface area contributed by atoms with Gasteiger partial charge < -0.3 is 4.40 Å². The largest absolute Gasteiger partial charge is 0.308 e. The van der Waals surface area contributed by atoms with Gasteiger partial charge in [0.1, 0.15) is 11.6 Å². The molecule has 0 atom stereocenters. The highest BCUT2D eigenvalue weighted by Crippen LogP contribution is 2.42. The molecular weight excluding hydrogens is 404 g/mol. The number of fused-ring (bicyclic) bond motifs is 6. The van der Waals surface area contributed by atoms with Crippen molar-refractivity contribution in [3.63, 3.8) is 0 Å². The quantitative estimate of drug-likeness (QED) is 0.212. The Kier molecular flexibility index (Phi) is 3.41. The molecule has 0 saturated carbocycles. The maximum absolute atomic E-state index is 14.8. The summed E-state index contributed by atoms with van der Waals surface area (Å²) in [4.78, 5) is 0. The second kappa shape index (κ2) is 5.96. The van der Waals surface area contributed by atoms with Crippen molar-refractivity contribution in [3.8, 4) is 17.2 Å². The first-order valence-corrected chi connectivity index (χ1v) is 9.46. The Bertz CT molecular complexity index is 1630. The molecule has 148 valence electrons. The Hall–Kier alpha value is -4.11. The van der Waals surface area contributed by atoms with Crippen LogP contribution in [-0.2, 0) is 0 Å². The minimum atomic E-state index is -1.70. The third-order valence-corrected chi connectivity index (χ3v) is 5.87. The SMILES string of the molecule is N#Cc1c(F)c(F)c(-c2cc3c4ccccc4n4c5ccccc5c(c2)c34)c(F)c1F. The van der Waals surface area contributed by atoms with E-state index < -0.39 is 34.4 Å². The summed E-state index contributed by atoms with van der Waals surface area (Å²) < 4.78 is 60.4. The lowest BCUT2D eigenvalue weighted by Gasteiger charge is -2.10. The van der Waals surface area contributed by atoms with Crippen LogP contribution >= 0.6 is 0 Å². The number of benzene rings is 4. The zero-order chi connectivity index (χ0) is 21.4. The van der Waals surface area contributed by atoms with Crippen molar-refractivity contribution >= 4 is 38.1 Å². The molecule has 31 heavy (non-hydrogen) atoms. The minimum absolute atomic E-state index is 0.000559. The van der Waals surface area contributed by atoms with Crippen LogP contribution in [-0.4, -0.2) is 4.40 Å². The summed E-state index contributed by atoms with van der Waals surface area (Å²) in [5.41, 5.74) is 0.596. The first kappa shape index (κ1) is 17.7. The molecule has 0 aliphatic rings. The van der Waals surface area contributed by atoms with Crippen molar-refractivity contribution in [1.29, 1.82) is 5.26 Å². The highest BCUT2D eigenvalue weighted by Gasteiger charge is 2.28. The summed E-state index contributed by atoms with van der Waals surface area (Å²) in [6.45, 7) is 0. The molecule has 0 aliphatic carbocycles. The van der Waals surface area contributed by atoms with Gasteiger partial charge in [0.2, 0.25) is 0 Å². The smallest absolute Gasteiger partial charge is 0.180 e. The molecule has 2 nitrogen and oxygen atoms in total. The zero-order valence-corrected chi connectivity index (χ0v) is 15.7.